The standard InChI is InChI=1S/C13H14ClNO2/c14-5-3-12(16)10-2-1-9-4-6-15-13(17)8-11(9)7-10/h1-2,7H,3-6,8H2,(H,15,17). The van der Waals surface area contributed by atoms with Gasteiger partial charge in [-0.25, -0.2) is 0 Å². The SMILES string of the molecule is O=C1Cc2cc(C(=O)CCCl)ccc2CCN1. The Balaban J connectivity index is 2.29. The first kappa shape index (κ1) is 12.1. The highest BCUT2D eigenvalue weighted by Gasteiger charge is 2.15. The maximum absolute atomic E-state index is 11.7. The molecule has 0 spiro atoms. The van der Waals surface area contributed by atoms with Crippen molar-refractivity contribution in [3.63, 3.8) is 0 Å². The maximum Gasteiger partial charge on any atom is 0.224 e. The number of Topliss-reactive ketones (excluding diaryl/α,β-unsaturated/α-hetero) is 1. The van der Waals surface area contributed by atoms with E-state index in [1.807, 2.05) is 18.2 Å². The second-order valence-corrected chi connectivity index (χ2v) is 4.50. The van der Waals surface area contributed by atoms with E-state index in [0.29, 0.717) is 30.8 Å². The molecule has 4 heteroatoms. The Labute approximate surface area is 105 Å². The van der Waals surface area contributed by atoms with E-state index in [1.165, 1.54) is 0 Å². The van der Waals surface area contributed by atoms with Gasteiger partial charge in [0.2, 0.25) is 5.91 Å². The van der Waals surface area contributed by atoms with Gasteiger partial charge in [0.1, 0.15) is 0 Å². The highest BCUT2D eigenvalue weighted by atomic mass is 35.5. The van der Waals surface area contributed by atoms with Crippen molar-refractivity contribution in [3.8, 4) is 0 Å². The lowest BCUT2D eigenvalue weighted by atomic mass is 9.97. The lowest BCUT2D eigenvalue weighted by Gasteiger charge is -2.06. The molecule has 0 saturated heterocycles. The Bertz CT molecular complexity index is 457. The van der Waals surface area contributed by atoms with Crippen LogP contribution in [0.4, 0.5) is 0 Å². The van der Waals surface area contributed by atoms with E-state index in [4.69, 9.17) is 11.6 Å². The average Bonchev–Trinajstić information content (AvgIpc) is 2.49. The minimum absolute atomic E-state index is 0.0192. The monoisotopic (exact) mass is 251 g/mol. The number of amides is 1. The molecule has 1 heterocycles. The number of alkyl halides is 1. The van der Waals surface area contributed by atoms with Crippen LogP contribution in [0.2, 0.25) is 0 Å². The number of carbonyl (C=O) groups is 2. The van der Waals surface area contributed by atoms with Gasteiger partial charge in [0, 0.05) is 24.4 Å². The summed E-state index contributed by atoms with van der Waals surface area (Å²) in [6.45, 7) is 0.667. The molecule has 2 rings (SSSR count). The largest absolute Gasteiger partial charge is 0.355 e. The van der Waals surface area contributed by atoms with Gasteiger partial charge in [0.05, 0.1) is 6.42 Å². The molecule has 0 fully saturated rings. The van der Waals surface area contributed by atoms with Crippen molar-refractivity contribution in [2.24, 2.45) is 0 Å². The van der Waals surface area contributed by atoms with Gasteiger partial charge in [0.15, 0.2) is 5.78 Å². The summed E-state index contributed by atoms with van der Waals surface area (Å²) in [5.74, 6) is 0.384. The molecule has 0 bridgehead atoms. The highest BCUT2D eigenvalue weighted by molar-refractivity contribution is 6.19. The van der Waals surface area contributed by atoms with Crippen LogP contribution in [0.3, 0.4) is 0 Å². The summed E-state index contributed by atoms with van der Waals surface area (Å²) < 4.78 is 0. The van der Waals surface area contributed by atoms with Gasteiger partial charge in [-0.3, -0.25) is 9.59 Å². The van der Waals surface area contributed by atoms with Crippen LogP contribution >= 0.6 is 11.6 Å². The summed E-state index contributed by atoms with van der Waals surface area (Å²) in [6, 6.07) is 5.59. The molecule has 0 atom stereocenters. The van der Waals surface area contributed by atoms with Gasteiger partial charge in [-0.2, -0.15) is 0 Å². The molecule has 1 N–H and O–H groups in total. The fourth-order valence-corrected chi connectivity index (χ4v) is 2.18. The first-order valence-electron chi connectivity index (χ1n) is 5.68. The van der Waals surface area contributed by atoms with E-state index in [9.17, 15) is 9.59 Å². The summed E-state index contributed by atoms with van der Waals surface area (Å²) in [7, 11) is 0. The smallest absolute Gasteiger partial charge is 0.224 e. The van der Waals surface area contributed by atoms with Crippen LogP contribution in [-0.4, -0.2) is 24.1 Å². The summed E-state index contributed by atoms with van der Waals surface area (Å²) in [5, 5.41) is 2.82. The number of ketones is 1. The van der Waals surface area contributed by atoms with E-state index < -0.39 is 0 Å². The molecule has 1 aromatic carbocycles. The Hall–Kier alpha value is -1.35. The third-order valence-corrected chi connectivity index (χ3v) is 3.11. The summed E-state index contributed by atoms with van der Waals surface area (Å²) in [6.07, 6.45) is 1.52. The third kappa shape index (κ3) is 2.86. The highest BCUT2D eigenvalue weighted by Crippen LogP contribution is 2.17. The van der Waals surface area contributed by atoms with E-state index >= 15 is 0 Å². The van der Waals surface area contributed by atoms with Crippen LogP contribution in [0.25, 0.3) is 0 Å². The molecular weight excluding hydrogens is 238 g/mol. The molecule has 0 aromatic heterocycles. The van der Waals surface area contributed by atoms with Crippen molar-refractivity contribution in [2.45, 2.75) is 19.3 Å². The zero-order valence-electron chi connectivity index (χ0n) is 9.46. The van der Waals surface area contributed by atoms with Crippen molar-refractivity contribution in [2.75, 3.05) is 12.4 Å². The molecule has 3 nitrogen and oxygen atoms in total. The normalized spacial score (nSPS) is 14.8. The van der Waals surface area contributed by atoms with Crippen LogP contribution < -0.4 is 5.32 Å². The summed E-state index contributed by atoms with van der Waals surface area (Å²) in [5.41, 5.74) is 2.75. The van der Waals surface area contributed by atoms with Crippen LogP contribution in [0, 0.1) is 0 Å². The Morgan fingerprint density at radius 3 is 2.94 bits per heavy atom. The van der Waals surface area contributed by atoms with Gasteiger partial charge in [-0.1, -0.05) is 12.1 Å². The minimum atomic E-state index is 0.0192. The predicted octanol–water partition coefficient (Wildman–Crippen LogP) is 1.71. The molecule has 0 radical (unpaired) electrons. The van der Waals surface area contributed by atoms with Crippen LogP contribution in [-0.2, 0) is 17.6 Å². The maximum atomic E-state index is 11.7. The average molecular weight is 252 g/mol. The Kier molecular flexibility index (Phi) is 3.79. The van der Waals surface area contributed by atoms with Gasteiger partial charge >= 0.3 is 0 Å². The predicted molar refractivity (Wildman–Crippen MR) is 66.5 cm³/mol. The number of hydrogen-bond acceptors (Lipinski definition) is 2. The molecule has 1 aromatic rings. The molecule has 0 aliphatic carbocycles. The van der Waals surface area contributed by atoms with Crippen molar-refractivity contribution >= 4 is 23.3 Å². The summed E-state index contributed by atoms with van der Waals surface area (Å²) in [4.78, 5) is 23.1. The minimum Gasteiger partial charge on any atom is -0.355 e. The van der Waals surface area contributed by atoms with Crippen molar-refractivity contribution in [1.29, 1.82) is 0 Å². The van der Waals surface area contributed by atoms with Gasteiger partial charge in [-0.05, 0) is 23.6 Å². The van der Waals surface area contributed by atoms with E-state index in [1.54, 1.807) is 0 Å². The molecular formula is C13H14ClNO2. The topological polar surface area (TPSA) is 46.2 Å². The van der Waals surface area contributed by atoms with Crippen LogP contribution in [0.1, 0.15) is 27.9 Å². The van der Waals surface area contributed by atoms with E-state index in [2.05, 4.69) is 5.32 Å². The Morgan fingerprint density at radius 1 is 1.35 bits per heavy atom. The second-order valence-electron chi connectivity index (χ2n) is 4.12. The van der Waals surface area contributed by atoms with Crippen molar-refractivity contribution in [1.82, 2.24) is 5.32 Å². The lowest BCUT2D eigenvalue weighted by molar-refractivity contribution is -0.120. The second kappa shape index (κ2) is 5.32. The van der Waals surface area contributed by atoms with Gasteiger partial charge < -0.3 is 5.32 Å². The molecule has 0 unspecified atom stereocenters. The lowest BCUT2D eigenvalue weighted by Crippen LogP contribution is -2.24. The number of halogens is 1. The molecule has 17 heavy (non-hydrogen) atoms. The number of carbonyl (C=O) groups excluding carboxylic acids is 2. The molecule has 1 amide bonds. The number of hydrogen-bond donors (Lipinski definition) is 1. The van der Waals surface area contributed by atoms with Gasteiger partial charge in [0.25, 0.3) is 0 Å². The third-order valence-electron chi connectivity index (χ3n) is 2.92. The molecule has 1 aliphatic rings. The number of nitrogens with one attached hydrogen (secondary N) is 1. The molecule has 90 valence electrons. The fourth-order valence-electron chi connectivity index (χ4n) is 2.01. The first-order valence-corrected chi connectivity index (χ1v) is 6.22. The number of benzene rings is 1. The molecule has 0 saturated carbocycles. The zero-order chi connectivity index (χ0) is 12.3. The van der Waals surface area contributed by atoms with Crippen molar-refractivity contribution < 1.29 is 9.59 Å². The van der Waals surface area contributed by atoms with Crippen LogP contribution in [0.15, 0.2) is 18.2 Å². The Morgan fingerprint density at radius 2 is 2.18 bits per heavy atom. The fraction of sp³-hybridized carbons (Fsp3) is 0.385. The first-order chi connectivity index (χ1) is 8.20. The number of fused-ring (bicyclic) bond motifs is 1. The quantitative estimate of drug-likeness (QED) is 0.657. The van der Waals surface area contributed by atoms with E-state index in [0.717, 1.165) is 17.5 Å². The van der Waals surface area contributed by atoms with Gasteiger partial charge in [-0.15, -0.1) is 11.6 Å². The number of rotatable bonds is 3. The summed E-state index contributed by atoms with van der Waals surface area (Å²) >= 11 is 5.55. The molecule has 1 aliphatic heterocycles. The van der Waals surface area contributed by atoms with Crippen molar-refractivity contribution in [3.05, 3.63) is 34.9 Å². The zero-order valence-corrected chi connectivity index (χ0v) is 10.2. The van der Waals surface area contributed by atoms with Crippen LogP contribution in [0.5, 0.6) is 0 Å². The van der Waals surface area contributed by atoms with E-state index in [-0.39, 0.29) is 11.7 Å².